The fourth-order valence-corrected chi connectivity index (χ4v) is 2.19. The van der Waals surface area contributed by atoms with Gasteiger partial charge in [0.1, 0.15) is 0 Å². The summed E-state index contributed by atoms with van der Waals surface area (Å²) in [5, 5.41) is 9.11. The van der Waals surface area contributed by atoms with Crippen molar-refractivity contribution in [3.8, 4) is 0 Å². The van der Waals surface area contributed by atoms with Crippen LogP contribution < -0.4 is 5.32 Å². The van der Waals surface area contributed by atoms with Crippen LogP contribution in [0.1, 0.15) is 16.1 Å². The second-order valence-electron chi connectivity index (χ2n) is 4.16. The highest BCUT2D eigenvalue weighted by Gasteiger charge is 2.11. The summed E-state index contributed by atoms with van der Waals surface area (Å²) < 4.78 is 22.6. The van der Waals surface area contributed by atoms with E-state index in [2.05, 4.69) is 15.5 Å². The average molecular weight is 279 g/mol. The SMILES string of the molecule is Cc1[nH]ncc1C(=O)Nc1ccc(S(C)(=O)=O)cc1. The zero-order valence-corrected chi connectivity index (χ0v) is 11.3. The number of aromatic amines is 1. The zero-order chi connectivity index (χ0) is 14.0. The Morgan fingerprint density at radius 1 is 1.26 bits per heavy atom. The van der Waals surface area contributed by atoms with Crippen molar-refractivity contribution in [1.82, 2.24) is 10.2 Å². The van der Waals surface area contributed by atoms with Gasteiger partial charge in [-0.2, -0.15) is 5.10 Å². The topological polar surface area (TPSA) is 91.9 Å². The highest BCUT2D eigenvalue weighted by molar-refractivity contribution is 7.90. The lowest BCUT2D eigenvalue weighted by Crippen LogP contribution is -2.12. The van der Waals surface area contributed by atoms with E-state index in [1.165, 1.54) is 18.3 Å². The minimum atomic E-state index is -3.23. The highest BCUT2D eigenvalue weighted by Crippen LogP contribution is 2.15. The first-order chi connectivity index (χ1) is 8.88. The molecular weight excluding hydrogens is 266 g/mol. The molecule has 2 rings (SSSR count). The van der Waals surface area contributed by atoms with Gasteiger partial charge in [0.2, 0.25) is 0 Å². The summed E-state index contributed by atoms with van der Waals surface area (Å²) in [5.74, 6) is -0.293. The molecule has 100 valence electrons. The molecule has 2 aromatic rings. The van der Waals surface area contributed by atoms with E-state index in [9.17, 15) is 13.2 Å². The number of hydrogen-bond acceptors (Lipinski definition) is 4. The van der Waals surface area contributed by atoms with Crippen molar-refractivity contribution in [3.63, 3.8) is 0 Å². The molecule has 1 aromatic heterocycles. The molecule has 0 atom stereocenters. The molecular formula is C12H13N3O3S. The van der Waals surface area contributed by atoms with Crippen LogP contribution in [-0.4, -0.2) is 30.8 Å². The van der Waals surface area contributed by atoms with E-state index in [0.717, 1.165) is 6.26 Å². The van der Waals surface area contributed by atoms with Crippen molar-refractivity contribution in [2.24, 2.45) is 0 Å². The summed E-state index contributed by atoms with van der Waals surface area (Å²) >= 11 is 0. The van der Waals surface area contributed by atoms with Crippen molar-refractivity contribution in [2.75, 3.05) is 11.6 Å². The first-order valence-electron chi connectivity index (χ1n) is 5.49. The van der Waals surface area contributed by atoms with E-state index in [0.29, 0.717) is 16.9 Å². The monoisotopic (exact) mass is 279 g/mol. The molecule has 0 bridgehead atoms. The number of nitrogens with zero attached hydrogens (tertiary/aromatic N) is 1. The quantitative estimate of drug-likeness (QED) is 0.887. The molecule has 7 heteroatoms. The molecule has 0 unspecified atom stereocenters. The van der Waals surface area contributed by atoms with E-state index in [-0.39, 0.29) is 10.8 Å². The number of H-pyrrole nitrogens is 1. The first kappa shape index (κ1) is 13.3. The van der Waals surface area contributed by atoms with E-state index >= 15 is 0 Å². The van der Waals surface area contributed by atoms with Gasteiger partial charge in [0.05, 0.1) is 16.7 Å². The Labute approximate surface area is 110 Å². The average Bonchev–Trinajstić information content (AvgIpc) is 2.75. The Hall–Kier alpha value is -2.15. The van der Waals surface area contributed by atoms with Crippen LogP contribution in [0, 0.1) is 6.92 Å². The van der Waals surface area contributed by atoms with Gasteiger partial charge in [-0.25, -0.2) is 8.42 Å². The second-order valence-corrected chi connectivity index (χ2v) is 6.18. The lowest BCUT2D eigenvalue weighted by atomic mass is 10.2. The van der Waals surface area contributed by atoms with Crippen LogP contribution in [0.4, 0.5) is 5.69 Å². The minimum Gasteiger partial charge on any atom is -0.322 e. The van der Waals surface area contributed by atoms with Crippen molar-refractivity contribution < 1.29 is 13.2 Å². The van der Waals surface area contributed by atoms with Gasteiger partial charge in [-0.15, -0.1) is 0 Å². The van der Waals surface area contributed by atoms with Crippen LogP contribution in [0.15, 0.2) is 35.4 Å². The van der Waals surface area contributed by atoms with Crippen LogP contribution in [-0.2, 0) is 9.84 Å². The van der Waals surface area contributed by atoms with Gasteiger partial charge >= 0.3 is 0 Å². The van der Waals surface area contributed by atoms with Crippen LogP contribution >= 0.6 is 0 Å². The van der Waals surface area contributed by atoms with Gasteiger partial charge in [0.15, 0.2) is 9.84 Å². The summed E-state index contributed by atoms with van der Waals surface area (Å²) in [6, 6.07) is 5.99. The molecule has 2 N–H and O–H groups in total. The Morgan fingerprint density at radius 2 is 1.89 bits per heavy atom. The van der Waals surface area contributed by atoms with E-state index in [1.54, 1.807) is 19.1 Å². The predicted molar refractivity (Wildman–Crippen MR) is 70.8 cm³/mol. The maximum Gasteiger partial charge on any atom is 0.259 e. The Bertz CT molecular complexity index is 702. The van der Waals surface area contributed by atoms with Gasteiger partial charge in [0.25, 0.3) is 5.91 Å². The van der Waals surface area contributed by atoms with Gasteiger partial charge in [-0.05, 0) is 31.2 Å². The van der Waals surface area contributed by atoms with Crippen LogP contribution in [0.25, 0.3) is 0 Å². The first-order valence-corrected chi connectivity index (χ1v) is 7.38. The number of rotatable bonds is 3. The molecule has 0 aliphatic rings. The van der Waals surface area contributed by atoms with E-state index < -0.39 is 9.84 Å². The Balaban J connectivity index is 2.17. The van der Waals surface area contributed by atoms with Gasteiger partial charge in [0, 0.05) is 17.6 Å². The number of carbonyl (C=O) groups excluding carboxylic acids is 1. The van der Waals surface area contributed by atoms with Gasteiger partial charge in [-0.3, -0.25) is 9.89 Å². The molecule has 0 radical (unpaired) electrons. The highest BCUT2D eigenvalue weighted by atomic mass is 32.2. The van der Waals surface area contributed by atoms with Crippen molar-refractivity contribution in [2.45, 2.75) is 11.8 Å². The van der Waals surface area contributed by atoms with Crippen molar-refractivity contribution in [1.29, 1.82) is 0 Å². The third kappa shape index (κ3) is 3.00. The number of anilines is 1. The number of hydrogen-bond donors (Lipinski definition) is 2. The van der Waals surface area contributed by atoms with Gasteiger partial charge < -0.3 is 5.32 Å². The predicted octanol–water partition coefficient (Wildman–Crippen LogP) is 1.37. The molecule has 0 fully saturated rings. The van der Waals surface area contributed by atoms with Crippen LogP contribution in [0.5, 0.6) is 0 Å². The lowest BCUT2D eigenvalue weighted by molar-refractivity contribution is 0.102. The molecule has 1 heterocycles. The van der Waals surface area contributed by atoms with Crippen LogP contribution in [0.3, 0.4) is 0 Å². The number of aromatic nitrogens is 2. The van der Waals surface area contributed by atoms with Crippen molar-refractivity contribution >= 4 is 21.4 Å². The number of benzene rings is 1. The third-order valence-corrected chi connectivity index (χ3v) is 3.74. The summed E-state index contributed by atoms with van der Waals surface area (Å²) in [4.78, 5) is 12.1. The molecule has 1 aromatic carbocycles. The maximum absolute atomic E-state index is 11.9. The number of carbonyl (C=O) groups is 1. The number of amides is 1. The van der Waals surface area contributed by atoms with Crippen molar-refractivity contribution in [3.05, 3.63) is 41.7 Å². The van der Waals surface area contributed by atoms with Crippen LogP contribution in [0.2, 0.25) is 0 Å². The van der Waals surface area contributed by atoms with E-state index in [4.69, 9.17) is 0 Å². The third-order valence-electron chi connectivity index (χ3n) is 2.61. The Morgan fingerprint density at radius 3 is 2.37 bits per heavy atom. The molecule has 6 nitrogen and oxygen atoms in total. The zero-order valence-electron chi connectivity index (χ0n) is 10.5. The molecule has 0 aliphatic carbocycles. The molecule has 0 aliphatic heterocycles. The summed E-state index contributed by atoms with van der Waals surface area (Å²) in [5.41, 5.74) is 1.65. The van der Waals surface area contributed by atoms with Gasteiger partial charge in [-0.1, -0.05) is 0 Å². The summed E-state index contributed by atoms with van der Waals surface area (Å²) in [6.07, 6.45) is 2.57. The lowest BCUT2D eigenvalue weighted by Gasteiger charge is -2.05. The van der Waals surface area contributed by atoms with E-state index in [1.807, 2.05) is 0 Å². The normalized spacial score (nSPS) is 11.3. The molecule has 0 spiro atoms. The number of aryl methyl sites for hydroxylation is 1. The standard InChI is InChI=1S/C12H13N3O3S/c1-8-11(7-13-15-8)12(16)14-9-3-5-10(6-4-9)19(2,17)18/h3-7H,1-2H3,(H,13,15)(H,14,16). The fourth-order valence-electron chi connectivity index (χ4n) is 1.56. The molecule has 0 saturated carbocycles. The maximum atomic E-state index is 11.9. The smallest absolute Gasteiger partial charge is 0.259 e. The summed E-state index contributed by atoms with van der Waals surface area (Å²) in [6.45, 7) is 1.74. The molecule has 0 saturated heterocycles. The summed E-state index contributed by atoms with van der Waals surface area (Å²) in [7, 11) is -3.23. The molecule has 19 heavy (non-hydrogen) atoms. The number of sulfone groups is 1. The second kappa shape index (κ2) is 4.85. The minimum absolute atomic E-state index is 0.213. The number of nitrogens with one attached hydrogen (secondary N) is 2. The Kier molecular flexibility index (Phi) is 3.39. The fraction of sp³-hybridized carbons (Fsp3) is 0.167. The molecule has 1 amide bonds. The largest absolute Gasteiger partial charge is 0.322 e.